The first-order valence-electron chi connectivity index (χ1n) is 28.3. The van der Waals surface area contributed by atoms with Crippen molar-refractivity contribution in [2.75, 3.05) is 29.5 Å². The second-order valence-corrected chi connectivity index (χ2v) is 22.8. The smallest absolute Gasteiger partial charge is 0.0575 e. The summed E-state index contributed by atoms with van der Waals surface area (Å²) in [7, 11) is 0. The minimum absolute atomic E-state index is 0.478. The van der Waals surface area contributed by atoms with Crippen molar-refractivity contribution in [1.82, 2.24) is 0 Å². The van der Waals surface area contributed by atoms with E-state index in [1.165, 1.54) is 187 Å². The Hall–Kier alpha value is -4.74. The highest BCUT2D eigenvalue weighted by Crippen LogP contribution is 2.45. The molecule has 4 aliphatic rings. The van der Waals surface area contributed by atoms with Crippen LogP contribution in [0.1, 0.15) is 199 Å². The van der Waals surface area contributed by atoms with Gasteiger partial charge in [0.2, 0.25) is 0 Å². The van der Waals surface area contributed by atoms with Gasteiger partial charge in [-0.2, -0.15) is 0 Å². The normalized spacial score (nSPS) is 24.9. The quantitative estimate of drug-likeness (QED) is 0.0516. The van der Waals surface area contributed by atoms with E-state index in [1.54, 1.807) is 0 Å². The van der Waals surface area contributed by atoms with Gasteiger partial charge in [0.1, 0.15) is 0 Å². The van der Waals surface area contributed by atoms with Gasteiger partial charge in [0.25, 0.3) is 0 Å². The van der Waals surface area contributed by atoms with Crippen LogP contribution < -0.4 is 22.9 Å². The average molecular weight is 943 g/mol. The van der Waals surface area contributed by atoms with E-state index in [1.807, 2.05) is 36.4 Å². The van der Waals surface area contributed by atoms with Crippen LogP contribution in [0.4, 0.5) is 22.7 Å². The van der Waals surface area contributed by atoms with E-state index in [9.17, 15) is 0 Å². The van der Waals surface area contributed by atoms with Crippen LogP contribution in [0.2, 0.25) is 0 Å². The molecule has 0 unspecified atom stereocenters. The first-order valence-corrected chi connectivity index (χ1v) is 28.3. The molecule has 4 saturated carbocycles. The van der Waals surface area contributed by atoms with Gasteiger partial charge < -0.3 is 27.7 Å². The van der Waals surface area contributed by atoms with Gasteiger partial charge in [-0.3, -0.25) is 0 Å². The Balaban J connectivity index is 0.000000188. The van der Waals surface area contributed by atoms with Gasteiger partial charge in [0.05, 0.1) is 6.10 Å². The van der Waals surface area contributed by atoms with E-state index >= 15 is 0 Å². The summed E-state index contributed by atoms with van der Waals surface area (Å²) in [5.41, 5.74) is 36.3. The topological polar surface area (TPSA) is 113 Å². The van der Waals surface area contributed by atoms with E-state index in [0.717, 1.165) is 77.7 Å². The second kappa shape index (κ2) is 26.6. The Kier molecular flexibility index (Phi) is 19.6. The lowest BCUT2D eigenvalue weighted by Gasteiger charge is -2.38. The highest BCUT2D eigenvalue weighted by atomic mass is 16.5. The summed E-state index contributed by atoms with van der Waals surface area (Å²) in [5, 5.41) is 0. The molecule has 9 rings (SSSR count). The van der Waals surface area contributed by atoms with E-state index in [0.29, 0.717) is 12.0 Å². The zero-order valence-corrected chi connectivity index (χ0v) is 43.2. The summed E-state index contributed by atoms with van der Waals surface area (Å²) in [6.07, 6.45) is 34.0. The van der Waals surface area contributed by atoms with Crippen molar-refractivity contribution in [3.8, 4) is 0 Å². The molecule has 4 fully saturated rings. The van der Waals surface area contributed by atoms with E-state index in [2.05, 4.69) is 85.8 Å². The fourth-order valence-corrected chi connectivity index (χ4v) is 13.3. The van der Waals surface area contributed by atoms with Crippen molar-refractivity contribution in [3.63, 3.8) is 0 Å². The van der Waals surface area contributed by atoms with Gasteiger partial charge in [-0.1, -0.05) is 137 Å². The van der Waals surface area contributed by atoms with Gasteiger partial charge in [-0.25, -0.2) is 0 Å². The summed E-state index contributed by atoms with van der Waals surface area (Å²) < 4.78 is 6.45. The number of benzene rings is 5. The Morgan fingerprint density at radius 2 is 0.843 bits per heavy atom. The van der Waals surface area contributed by atoms with Crippen LogP contribution in [0.3, 0.4) is 0 Å². The number of ether oxygens (including phenoxy) is 1. The van der Waals surface area contributed by atoms with Crippen LogP contribution in [-0.2, 0) is 24.0 Å². The summed E-state index contributed by atoms with van der Waals surface area (Å²) in [6.45, 7) is 3.30. The molecule has 5 aromatic rings. The van der Waals surface area contributed by atoms with Gasteiger partial charge >= 0.3 is 0 Å². The van der Waals surface area contributed by atoms with E-state index in [4.69, 9.17) is 27.7 Å². The van der Waals surface area contributed by atoms with Crippen LogP contribution in [0.5, 0.6) is 0 Å². The Labute approximate surface area is 424 Å². The predicted octanol–water partition coefficient (Wildman–Crippen LogP) is 16.4. The van der Waals surface area contributed by atoms with Crippen LogP contribution in [0.25, 0.3) is 0 Å². The monoisotopic (exact) mass is 943 g/mol. The Bertz CT molecular complexity index is 2220. The molecule has 0 amide bonds. The van der Waals surface area contributed by atoms with Crippen molar-refractivity contribution in [2.45, 2.75) is 185 Å². The van der Waals surface area contributed by atoms with E-state index in [-0.39, 0.29) is 0 Å². The molecule has 0 bridgehead atoms. The molecule has 0 saturated heterocycles. The van der Waals surface area contributed by atoms with Crippen molar-refractivity contribution in [2.24, 2.45) is 29.6 Å². The number of hydrogen-bond donors (Lipinski definition) is 4. The Morgan fingerprint density at radius 1 is 0.400 bits per heavy atom. The molecule has 70 heavy (non-hydrogen) atoms. The number of anilines is 4. The minimum atomic E-state index is 0.478. The molecular formula is C65H90N4O. The zero-order chi connectivity index (χ0) is 48.5. The second-order valence-electron chi connectivity index (χ2n) is 22.8. The number of hydrogen-bond acceptors (Lipinski definition) is 5. The maximum Gasteiger partial charge on any atom is 0.0575 e. The summed E-state index contributed by atoms with van der Waals surface area (Å²) >= 11 is 0. The number of unbranched alkanes of at least 4 members (excludes halogenated alkanes) is 4. The van der Waals surface area contributed by atoms with Crippen molar-refractivity contribution < 1.29 is 4.74 Å². The third kappa shape index (κ3) is 16.1. The fraction of sp³-hybridized carbons (Fsp3) is 0.538. The third-order valence-electron chi connectivity index (χ3n) is 17.4. The van der Waals surface area contributed by atoms with Crippen LogP contribution in [-0.4, -0.2) is 12.7 Å². The largest absolute Gasteiger partial charge is 0.399 e. The number of rotatable bonds is 18. The Morgan fingerprint density at radius 3 is 1.34 bits per heavy atom. The minimum Gasteiger partial charge on any atom is -0.399 e. The van der Waals surface area contributed by atoms with Gasteiger partial charge in [-0.15, -0.1) is 0 Å². The standard InChI is InChI=1S/C33H50N2O.C32H40N2/c1-2-3-4-5-6-7-25-8-10-27(11-9-25)24-36-33-18-16-30(17-19-33)29-14-12-26(13-15-29)20-28-21-31(34)23-32(35)22-28;33-31-20-26(21-32(34)22-31)19-25-8-12-28(13-9-25)30-16-14-29(15-17-30)27-10-6-24(7-11-27)18-23-4-2-1-3-5-23/h12-15,21-23,25,27,30,33H,2-11,16-20,24,34-35H2,1H3;1-5,8-9,12-13,20-22,24,27,29-30H,6-7,10-11,14-19,33-34H2. The molecule has 0 spiro atoms. The van der Waals surface area contributed by atoms with Crippen molar-refractivity contribution in [1.29, 1.82) is 0 Å². The SMILES string of the molecule is CCCCCCCC1CCC(COC2CCC(c3ccc(Cc4cc(N)cc(N)c4)cc3)CC2)CC1.Nc1cc(N)cc(Cc2ccc(C3CCC(C4CCC(Cc5ccccc5)CC4)CC3)cc2)c1. The molecule has 0 aromatic heterocycles. The van der Waals surface area contributed by atoms with Crippen LogP contribution in [0.15, 0.2) is 115 Å². The molecule has 376 valence electrons. The molecule has 5 nitrogen and oxygen atoms in total. The molecule has 0 aliphatic heterocycles. The first-order chi connectivity index (χ1) is 34.2. The molecule has 0 atom stereocenters. The third-order valence-corrected chi connectivity index (χ3v) is 17.4. The lowest BCUT2D eigenvalue weighted by atomic mass is 9.68. The van der Waals surface area contributed by atoms with Crippen molar-refractivity contribution >= 4 is 22.7 Å². The maximum atomic E-state index is 6.45. The zero-order valence-electron chi connectivity index (χ0n) is 43.2. The summed E-state index contributed by atoms with van der Waals surface area (Å²) in [6, 6.07) is 41.4. The average Bonchev–Trinajstić information content (AvgIpc) is 3.37. The molecule has 0 heterocycles. The maximum absolute atomic E-state index is 6.45. The molecule has 5 aromatic carbocycles. The number of nitrogens with two attached hydrogens (primary N) is 4. The lowest BCUT2D eigenvalue weighted by molar-refractivity contribution is -0.00484. The van der Waals surface area contributed by atoms with E-state index < -0.39 is 0 Å². The molecule has 5 heteroatoms. The van der Waals surface area contributed by atoms with Crippen LogP contribution >= 0.6 is 0 Å². The van der Waals surface area contributed by atoms with Gasteiger partial charge in [0.15, 0.2) is 0 Å². The molecule has 4 aliphatic carbocycles. The van der Waals surface area contributed by atoms with Gasteiger partial charge in [-0.05, 0) is 226 Å². The van der Waals surface area contributed by atoms with Crippen molar-refractivity contribution in [3.05, 3.63) is 154 Å². The van der Waals surface area contributed by atoms with Crippen LogP contribution in [0, 0.1) is 29.6 Å². The highest BCUT2D eigenvalue weighted by molar-refractivity contribution is 5.56. The first kappa shape index (κ1) is 51.6. The summed E-state index contributed by atoms with van der Waals surface area (Å²) in [4.78, 5) is 0. The lowest BCUT2D eigenvalue weighted by Crippen LogP contribution is -2.26. The number of nitrogen functional groups attached to an aromatic ring is 4. The van der Waals surface area contributed by atoms with Gasteiger partial charge in [0, 0.05) is 29.4 Å². The molecule has 0 radical (unpaired) electrons. The molecule has 8 N–H and O–H groups in total. The highest BCUT2D eigenvalue weighted by Gasteiger charge is 2.32. The fourth-order valence-electron chi connectivity index (χ4n) is 13.3. The molecular weight excluding hydrogens is 853 g/mol. The summed E-state index contributed by atoms with van der Waals surface area (Å²) in [5.74, 6) is 6.05. The predicted molar refractivity (Wildman–Crippen MR) is 299 cm³/mol.